The minimum absolute atomic E-state index is 0.0201. The maximum Gasteiger partial charge on any atom is 0.307 e. The van der Waals surface area contributed by atoms with Crippen molar-refractivity contribution in [3.8, 4) is 6.07 Å². The number of aromatic nitrogens is 1. The van der Waals surface area contributed by atoms with Crippen molar-refractivity contribution in [2.24, 2.45) is 0 Å². The van der Waals surface area contributed by atoms with Crippen LogP contribution < -0.4 is 0 Å². The number of nitriles is 1. The van der Waals surface area contributed by atoms with Gasteiger partial charge in [0.15, 0.2) is 0 Å². The van der Waals surface area contributed by atoms with Gasteiger partial charge in [0.2, 0.25) is 0 Å². The number of hydrogen-bond donors (Lipinski definition) is 1. The van der Waals surface area contributed by atoms with Crippen LogP contribution in [0.3, 0.4) is 0 Å². The molecule has 0 amide bonds. The van der Waals surface area contributed by atoms with Crippen molar-refractivity contribution < 1.29 is 9.90 Å². The van der Waals surface area contributed by atoms with E-state index in [1.54, 1.807) is 24.3 Å². The zero-order valence-corrected chi connectivity index (χ0v) is 11.6. The maximum atomic E-state index is 10.6. The van der Waals surface area contributed by atoms with Crippen LogP contribution in [0.5, 0.6) is 0 Å². The first-order valence-corrected chi connectivity index (χ1v) is 6.76. The lowest BCUT2D eigenvalue weighted by Crippen LogP contribution is -1.99. The van der Waals surface area contributed by atoms with E-state index >= 15 is 0 Å². The molecule has 0 aliphatic heterocycles. The molecule has 0 bridgehead atoms. The summed E-state index contributed by atoms with van der Waals surface area (Å²) in [6, 6.07) is 12.9. The minimum atomic E-state index is -0.843. The highest BCUT2D eigenvalue weighted by Crippen LogP contribution is 2.27. The molecule has 20 heavy (non-hydrogen) atoms. The van der Waals surface area contributed by atoms with Gasteiger partial charge in [-0.25, -0.2) is 4.98 Å². The number of carboxylic acids is 1. The van der Waals surface area contributed by atoms with Crippen LogP contribution in [0.4, 0.5) is 0 Å². The average Bonchev–Trinajstić information content (AvgIpc) is 2.39. The molecule has 0 aliphatic rings. The van der Waals surface area contributed by atoms with Gasteiger partial charge in [-0.2, -0.15) is 5.26 Å². The Morgan fingerprint density at radius 1 is 1.35 bits per heavy atom. The summed E-state index contributed by atoms with van der Waals surface area (Å²) in [4.78, 5) is 15.9. The molecule has 0 radical (unpaired) electrons. The summed E-state index contributed by atoms with van der Waals surface area (Å²) in [7, 11) is 0. The van der Waals surface area contributed by atoms with Crippen molar-refractivity contribution in [3.05, 3.63) is 53.2 Å². The van der Waals surface area contributed by atoms with Gasteiger partial charge < -0.3 is 5.11 Å². The molecule has 4 nitrogen and oxygen atoms in total. The molecule has 0 spiro atoms. The number of aryl methyl sites for hydroxylation is 1. The summed E-state index contributed by atoms with van der Waals surface area (Å²) in [5, 5.41) is 18.4. The smallest absolute Gasteiger partial charge is 0.307 e. The summed E-state index contributed by atoms with van der Waals surface area (Å²) in [6.07, 6.45) is 0.0201. The number of pyridine rings is 1. The molecule has 5 heteroatoms. The zero-order valence-electron chi connectivity index (χ0n) is 10.8. The Morgan fingerprint density at radius 3 is 2.65 bits per heavy atom. The predicted molar refractivity (Wildman–Crippen MR) is 75.6 cm³/mol. The Kier molecular flexibility index (Phi) is 4.38. The lowest BCUT2D eigenvalue weighted by molar-refractivity contribution is -0.136. The monoisotopic (exact) mass is 284 g/mol. The van der Waals surface area contributed by atoms with Gasteiger partial charge in [-0.15, -0.1) is 0 Å². The fourth-order valence-corrected chi connectivity index (χ4v) is 2.61. The van der Waals surface area contributed by atoms with Crippen LogP contribution in [-0.4, -0.2) is 16.1 Å². The first kappa shape index (κ1) is 14.1. The molecular formula is C15H12N2O2S. The van der Waals surface area contributed by atoms with E-state index in [4.69, 9.17) is 10.4 Å². The number of benzene rings is 1. The predicted octanol–water partition coefficient (Wildman–Crippen LogP) is 3.04. The van der Waals surface area contributed by atoms with E-state index in [1.807, 2.05) is 19.1 Å². The highest BCUT2D eigenvalue weighted by Gasteiger charge is 2.04. The van der Waals surface area contributed by atoms with Gasteiger partial charge in [-0.1, -0.05) is 23.9 Å². The zero-order chi connectivity index (χ0) is 14.5. The average molecular weight is 284 g/mol. The number of hydrogen-bond acceptors (Lipinski definition) is 4. The van der Waals surface area contributed by atoms with Crippen molar-refractivity contribution in [2.45, 2.75) is 23.3 Å². The summed E-state index contributed by atoms with van der Waals surface area (Å²) in [5.41, 5.74) is 2.15. The van der Waals surface area contributed by atoms with E-state index < -0.39 is 5.97 Å². The van der Waals surface area contributed by atoms with E-state index in [-0.39, 0.29) is 6.42 Å². The quantitative estimate of drug-likeness (QED) is 0.934. The molecule has 0 saturated heterocycles. The Balaban J connectivity index is 2.16. The van der Waals surface area contributed by atoms with E-state index in [2.05, 4.69) is 11.1 Å². The minimum Gasteiger partial charge on any atom is -0.481 e. The lowest BCUT2D eigenvalue weighted by Gasteiger charge is -2.04. The molecule has 0 fully saturated rings. The van der Waals surface area contributed by atoms with Crippen LogP contribution in [-0.2, 0) is 11.2 Å². The normalized spacial score (nSPS) is 10.0. The van der Waals surface area contributed by atoms with Crippen molar-refractivity contribution in [1.82, 2.24) is 4.98 Å². The van der Waals surface area contributed by atoms with Gasteiger partial charge >= 0.3 is 5.97 Å². The van der Waals surface area contributed by atoms with E-state index in [0.717, 1.165) is 21.2 Å². The number of nitrogens with zero attached hydrogens (tertiary/aromatic N) is 2. The summed E-state index contributed by atoms with van der Waals surface area (Å²) in [5.74, 6) is -0.843. The standard InChI is InChI=1S/C15H12N2O2S/c1-10-6-12(9-16)7-14(17-10)20-13-4-2-11(3-5-13)8-15(18)19/h2-7H,8H2,1H3,(H,18,19). The molecule has 0 aliphatic carbocycles. The van der Waals surface area contributed by atoms with Crippen LogP contribution in [0.2, 0.25) is 0 Å². The van der Waals surface area contributed by atoms with Gasteiger partial charge in [0.1, 0.15) is 5.03 Å². The first-order chi connectivity index (χ1) is 9.56. The topological polar surface area (TPSA) is 74.0 Å². The third kappa shape index (κ3) is 3.84. The van der Waals surface area contributed by atoms with Gasteiger partial charge in [0.05, 0.1) is 18.1 Å². The molecular weight excluding hydrogens is 272 g/mol. The molecule has 1 N–H and O–H groups in total. The second-order valence-electron chi connectivity index (χ2n) is 4.26. The third-order valence-corrected chi connectivity index (χ3v) is 3.49. The van der Waals surface area contributed by atoms with Crippen molar-refractivity contribution in [2.75, 3.05) is 0 Å². The maximum absolute atomic E-state index is 10.6. The van der Waals surface area contributed by atoms with Crippen LogP contribution in [0, 0.1) is 18.3 Å². The van der Waals surface area contributed by atoms with Crippen LogP contribution in [0.1, 0.15) is 16.8 Å². The van der Waals surface area contributed by atoms with Crippen molar-refractivity contribution >= 4 is 17.7 Å². The largest absolute Gasteiger partial charge is 0.481 e. The Morgan fingerprint density at radius 2 is 2.05 bits per heavy atom. The van der Waals surface area contributed by atoms with E-state index in [9.17, 15) is 4.79 Å². The molecule has 0 unspecified atom stereocenters. The van der Waals surface area contributed by atoms with Crippen LogP contribution in [0.25, 0.3) is 0 Å². The van der Waals surface area contributed by atoms with Crippen LogP contribution >= 0.6 is 11.8 Å². The fourth-order valence-electron chi connectivity index (χ4n) is 1.73. The highest BCUT2D eigenvalue weighted by molar-refractivity contribution is 7.99. The number of rotatable bonds is 4. The van der Waals surface area contributed by atoms with Gasteiger partial charge in [0, 0.05) is 10.6 Å². The van der Waals surface area contributed by atoms with Crippen molar-refractivity contribution in [1.29, 1.82) is 5.26 Å². The van der Waals surface area contributed by atoms with Gasteiger partial charge in [-0.05, 0) is 36.8 Å². The third-order valence-electron chi connectivity index (χ3n) is 2.56. The van der Waals surface area contributed by atoms with E-state index in [0.29, 0.717) is 5.56 Å². The second kappa shape index (κ2) is 6.22. The lowest BCUT2D eigenvalue weighted by atomic mass is 10.2. The molecule has 0 saturated carbocycles. The van der Waals surface area contributed by atoms with Gasteiger partial charge in [-0.3, -0.25) is 4.79 Å². The first-order valence-electron chi connectivity index (χ1n) is 5.94. The Hall–Kier alpha value is -2.32. The fraction of sp³-hybridized carbons (Fsp3) is 0.133. The van der Waals surface area contributed by atoms with Gasteiger partial charge in [0.25, 0.3) is 0 Å². The number of carbonyl (C=O) groups is 1. The summed E-state index contributed by atoms with van der Waals surface area (Å²) < 4.78 is 0. The molecule has 0 atom stereocenters. The molecule has 1 aromatic heterocycles. The SMILES string of the molecule is Cc1cc(C#N)cc(Sc2ccc(CC(=O)O)cc2)n1. The summed E-state index contributed by atoms with van der Waals surface area (Å²) in [6.45, 7) is 1.85. The Labute approximate surface area is 121 Å². The van der Waals surface area contributed by atoms with Crippen LogP contribution in [0.15, 0.2) is 46.3 Å². The molecule has 2 rings (SSSR count). The highest BCUT2D eigenvalue weighted by atomic mass is 32.2. The Bertz CT molecular complexity index is 675. The summed E-state index contributed by atoms with van der Waals surface area (Å²) >= 11 is 1.45. The molecule has 1 heterocycles. The van der Waals surface area contributed by atoms with E-state index in [1.165, 1.54) is 11.8 Å². The molecule has 1 aromatic carbocycles. The number of carboxylic acid groups (broad SMARTS) is 1. The van der Waals surface area contributed by atoms with Crippen molar-refractivity contribution in [3.63, 3.8) is 0 Å². The number of aliphatic carboxylic acids is 1. The molecule has 100 valence electrons. The molecule has 2 aromatic rings. The second-order valence-corrected chi connectivity index (χ2v) is 5.36.